The SMILES string of the molecule is CCCCc1c(C)c(O)c(O)n1CCCn1ccnc1. The number of imidazole rings is 1. The molecule has 0 saturated carbocycles. The van der Waals surface area contributed by atoms with Crippen molar-refractivity contribution in [1.82, 2.24) is 14.1 Å². The van der Waals surface area contributed by atoms with Crippen LogP contribution >= 0.6 is 0 Å². The van der Waals surface area contributed by atoms with Gasteiger partial charge < -0.3 is 19.3 Å². The van der Waals surface area contributed by atoms with Crippen LogP contribution in [0.25, 0.3) is 0 Å². The zero-order valence-electron chi connectivity index (χ0n) is 12.2. The maximum absolute atomic E-state index is 10.0. The average molecular weight is 277 g/mol. The maximum atomic E-state index is 10.0. The molecule has 0 unspecified atom stereocenters. The molecule has 0 radical (unpaired) electrons. The van der Waals surface area contributed by atoms with Crippen molar-refractivity contribution in [2.45, 2.75) is 52.6 Å². The molecule has 0 aromatic carbocycles. The first kappa shape index (κ1) is 14.5. The summed E-state index contributed by atoms with van der Waals surface area (Å²) in [6.45, 7) is 5.56. The van der Waals surface area contributed by atoms with Gasteiger partial charge in [-0.2, -0.15) is 0 Å². The van der Waals surface area contributed by atoms with Crippen molar-refractivity contribution in [3.05, 3.63) is 30.0 Å². The fourth-order valence-electron chi connectivity index (χ4n) is 2.50. The van der Waals surface area contributed by atoms with E-state index in [-0.39, 0.29) is 11.6 Å². The van der Waals surface area contributed by atoms with E-state index >= 15 is 0 Å². The summed E-state index contributed by atoms with van der Waals surface area (Å²) in [4.78, 5) is 4.01. The van der Waals surface area contributed by atoms with Gasteiger partial charge in [-0.25, -0.2) is 4.98 Å². The Morgan fingerprint density at radius 1 is 1.20 bits per heavy atom. The van der Waals surface area contributed by atoms with Gasteiger partial charge in [-0.1, -0.05) is 13.3 Å². The zero-order valence-corrected chi connectivity index (χ0v) is 12.2. The van der Waals surface area contributed by atoms with E-state index in [4.69, 9.17) is 0 Å². The molecule has 0 aliphatic carbocycles. The van der Waals surface area contributed by atoms with Crippen LogP contribution in [0.3, 0.4) is 0 Å². The summed E-state index contributed by atoms with van der Waals surface area (Å²) in [5.74, 6) is 0.0259. The first-order chi connectivity index (χ1) is 9.65. The lowest BCUT2D eigenvalue weighted by Crippen LogP contribution is -2.06. The Morgan fingerprint density at radius 3 is 2.65 bits per heavy atom. The van der Waals surface area contributed by atoms with Crippen LogP contribution in [0.1, 0.15) is 37.4 Å². The second kappa shape index (κ2) is 6.50. The van der Waals surface area contributed by atoms with Gasteiger partial charge in [0.25, 0.3) is 0 Å². The molecule has 0 atom stereocenters. The van der Waals surface area contributed by atoms with Crippen molar-refractivity contribution in [2.75, 3.05) is 0 Å². The quantitative estimate of drug-likeness (QED) is 0.818. The average Bonchev–Trinajstić information content (AvgIpc) is 3.02. The van der Waals surface area contributed by atoms with E-state index in [1.165, 1.54) is 0 Å². The number of hydrogen-bond donors (Lipinski definition) is 2. The molecule has 0 bridgehead atoms. The van der Waals surface area contributed by atoms with E-state index in [0.717, 1.165) is 43.5 Å². The second-order valence-corrected chi connectivity index (χ2v) is 5.15. The van der Waals surface area contributed by atoms with E-state index in [9.17, 15) is 10.2 Å². The molecular formula is C15H23N3O2. The first-order valence-electron chi connectivity index (χ1n) is 7.20. The van der Waals surface area contributed by atoms with Crippen LogP contribution in [0.15, 0.2) is 18.7 Å². The number of hydrogen-bond acceptors (Lipinski definition) is 3. The van der Waals surface area contributed by atoms with Crippen molar-refractivity contribution in [1.29, 1.82) is 0 Å². The van der Waals surface area contributed by atoms with Gasteiger partial charge >= 0.3 is 0 Å². The van der Waals surface area contributed by atoms with Crippen LogP contribution in [-0.4, -0.2) is 24.3 Å². The molecule has 0 aliphatic rings. The Bertz CT molecular complexity index is 544. The van der Waals surface area contributed by atoms with Gasteiger partial charge in [-0.15, -0.1) is 0 Å². The lowest BCUT2D eigenvalue weighted by atomic mass is 10.1. The van der Waals surface area contributed by atoms with Crippen molar-refractivity contribution < 1.29 is 10.2 Å². The number of aromatic nitrogens is 3. The summed E-state index contributed by atoms with van der Waals surface area (Å²) in [5, 5.41) is 20.0. The van der Waals surface area contributed by atoms with Crippen molar-refractivity contribution >= 4 is 0 Å². The van der Waals surface area contributed by atoms with Crippen LogP contribution in [0.4, 0.5) is 0 Å². The third-order valence-corrected chi connectivity index (χ3v) is 3.71. The standard InChI is InChI=1S/C15H23N3O2/c1-3-4-6-13-12(2)14(19)15(20)18(13)9-5-8-17-10-7-16-11-17/h7,10-11,19-20H,3-6,8-9H2,1-2H3. The predicted molar refractivity (Wildman–Crippen MR) is 78.0 cm³/mol. The molecule has 2 aromatic rings. The van der Waals surface area contributed by atoms with Crippen molar-refractivity contribution in [3.63, 3.8) is 0 Å². The second-order valence-electron chi connectivity index (χ2n) is 5.15. The third kappa shape index (κ3) is 2.98. The molecule has 2 aromatic heterocycles. The first-order valence-corrected chi connectivity index (χ1v) is 7.20. The third-order valence-electron chi connectivity index (χ3n) is 3.71. The highest BCUT2D eigenvalue weighted by atomic mass is 16.3. The maximum Gasteiger partial charge on any atom is 0.235 e. The normalized spacial score (nSPS) is 11.1. The van der Waals surface area contributed by atoms with Gasteiger partial charge in [0.15, 0.2) is 5.75 Å². The lowest BCUT2D eigenvalue weighted by Gasteiger charge is -2.11. The number of unbranched alkanes of at least 4 members (excludes halogenated alkanes) is 1. The molecule has 0 amide bonds. The topological polar surface area (TPSA) is 63.2 Å². The van der Waals surface area contributed by atoms with Crippen molar-refractivity contribution in [3.8, 4) is 11.6 Å². The van der Waals surface area contributed by atoms with E-state index in [1.54, 1.807) is 12.5 Å². The Morgan fingerprint density at radius 2 is 2.00 bits per heavy atom. The molecule has 0 fully saturated rings. The van der Waals surface area contributed by atoms with Crippen LogP contribution in [0, 0.1) is 6.92 Å². The number of aromatic hydroxyl groups is 2. The molecule has 0 aliphatic heterocycles. The minimum absolute atomic E-state index is 0.000709. The van der Waals surface area contributed by atoms with E-state index in [0.29, 0.717) is 6.54 Å². The molecule has 2 rings (SSSR count). The summed E-state index contributed by atoms with van der Waals surface area (Å²) < 4.78 is 3.86. The Hall–Kier alpha value is -1.91. The van der Waals surface area contributed by atoms with Crippen LogP contribution in [0.5, 0.6) is 11.6 Å². The van der Waals surface area contributed by atoms with Crippen LogP contribution in [0.2, 0.25) is 0 Å². The fraction of sp³-hybridized carbons (Fsp3) is 0.533. The minimum Gasteiger partial charge on any atom is -0.503 e. The Kier molecular flexibility index (Phi) is 4.71. The number of nitrogens with zero attached hydrogens (tertiary/aromatic N) is 3. The highest BCUT2D eigenvalue weighted by Gasteiger charge is 2.18. The smallest absolute Gasteiger partial charge is 0.235 e. The minimum atomic E-state index is -0.000709. The van der Waals surface area contributed by atoms with Crippen molar-refractivity contribution in [2.24, 2.45) is 0 Å². The molecule has 0 saturated heterocycles. The van der Waals surface area contributed by atoms with Crippen LogP contribution in [-0.2, 0) is 19.5 Å². The number of aryl methyl sites for hydroxylation is 1. The highest BCUT2D eigenvalue weighted by molar-refractivity contribution is 5.46. The summed E-state index contributed by atoms with van der Waals surface area (Å²) >= 11 is 0. The molecule has 5 heteroatoms. The van der Waals surface area contributed by atoms with E-state index < -0.39 is 0 Å². The van der Waals surface area contributed by atoms with Gasteiger partial charge in [0.2, 0.25) is 5.88 Å². The molecule has 5 nitrogen and oxygen atoms in total. The summed E-state index contributed by atoms with van der Waals surface area (Å²) in [6.07, 6.45) is 9.41. The predicted octanol–water partition coefficient (Wildman–Crippen LogP) is 2.84. The molecule has 2 heterocycles. The summed E-state index contributed by atoms with van der Waals surface area (Å²) in [7, 11) is 0. The molecule has 0 spiro atoms. The van der Waals surface area contributed by atoms with E-state index in [2.05, 4.69) is 11.9 Å². The highest BCUT2D eigenvalue weighted by Crippen LogP contribution is 2.35. The molecular weight excluding hydrogens is 254 g/mol. The van der Waals surface area contributed by atoms with Crippen LogP contribution < -0.4 is 0 Å². The largest absolute Gasteiger partial charge is 0.503 e. The molecule has 20 heavy (non-hydrogen) atoms. The monoisotopic (exact) mass is 277 g/mol. The van der Waals surface area contributed by atoms with Gasteiger partial charge in [0.1, 0.15) is 0 Å². The molecule has 110 valence electrons. The lowest BCUT2D eigenvalue weighted by molar-refractivity contribution is 0.364. The zero-order chi connectivity index (χ0) is 14.5. The van der Waals surface area contributed by atoms with Gasteiger partial charge in [-0.05, 0) is 26.2 Å². The summed E-state index contributed by atoms with van der Waals surface area (Å²) in [5.41, 5.74) is 1.85. The Balaban J connectivity index is 2.07. The molecule has 2 N–H and O–H groups in total. The van der Waals surface area contributed by atoms with E-state index in [1.807, 2.05) is 22.3 Å². The van der Waals surface area contributed by atoms with Gasteiger partial charge in [0.05, 0.1) is 6.33 Å². The fourth-order valence-corrected chi connectivity index (χ4v) is 2.50. The Labute approximate surface area is 119 Å². The van der Waals surface area contributed by atoms with Gasteiger partial charge in [-0.3, -0.25) is 0 Å². The summed E-state index contributed by atoms with van der Waals surface area (Å²) in [6, 6.07) is 0. The number of rotatable bonds is 7. The van der Waals surface area contributed by atoms with Gasteiger partial charge in [0, 0.05) is 36.7 Å².